The molecule has 1 aliphatic heterocycles. The van der Waals surface area contributed by atoms with Gasteiger partial charge in [0.05, 0.1) is 30.7 Å². The summed E-state index contributed by atoms with van der Waals surface area (Å²) in [5.74, 6) is 0.156. The third-order valence-electron chi connectivity index (χ3n) is 3.85. The minimum absolute atomic E-state index is 0.0185. The van der Waals surface area contributed by atoms with Gasteiger partial charge in [0.25, 0.3) is 5.91 Å². The molecule has 0 unspecified atom stereocenters. The van der Waals surface area contributed by atoms with Gasteiger partial charge in [0.1, 0.15) is 18.6 Å². The Hall–Kier alpha value is -2.45. The topological polar surface area (TPSA) is 96.6 Å². The number of amides is 1. The molecule has 0 bridgehead atoms. The van der Waals surface area contributed by atoms with Crippen LogP contribution in [0.2, 0.25) is 0 Å². The predicted molar refractivity (Wildman–Crippen MR) is 87.2 cm³/mol. The zero-order valence-electron chi connectivity index (χ0n) is 13.3. The average molecular weight is 332 g/mol. The highest BCUT2D eigenvalue weighted by atomic mass is 16.5. The summed E-state index contributed by atoms with van der Waals surface area (Å²) in [7, 11) is 0. The van der Waals surface area contributed by atoms with Crippen LogP contribution in [-0.2, 0) is 9.53 Å². The monoisotopic (exact) mass is 332 g/mol. The number of carbonyl (C=O) groups is 2. The summed E-state index contributed by atoms with van der Waals surface area (Å²) in [5.41, 5.74) is 1.14. The van der Waals surface area contributed by atoms with Gasteiger partial charge < -0.3 is 24.6 Å². The van der Waals surface area contributed by atoms with Gasteiger partial charge in [0, 0.05) is 25.8 Å². The van der Waals surface area contributed by atoms with Crippen LogP contribution in [0.5, 0.6) is 5.88 Å². The third kappa shape index (κ3) is 3.90. The summed E-state index contributed by atoms with van der Waals surface area (Å²) in [5, 5.41) is 3.24. The molecule has 0 radical (unpaired) electrons. The Morgan fingerprint density at radius 3 is 3.08 bits per heavy atom. The number of hydrogen-bond acceptors (Lipinski definition) is 6. The Morgan fingerprint density at radius 1 is 1.46 bits per heavy atom. The van der Waals surface area contributed by atoms with E-state index in [2.05, 4.69) is 20.2 Å². The summed E-state index contributed by atoms with van der Waals surface area (Å²) in [6, 6.07) is 3.47. The van der Waals surface area contributed by atoms with Gasteiger partial charge in [-0.25, -0.2) is 4.98 Å². The molecule has 8 nitrogen and oxygen atoms in total. The van der Waals surface area contributed by atoms with Gasteiger partial charge in [-0.2, -0.15) is 0 Å². The molecule has 1 amide bonds. The first kappa shape index (κ1) is 16.4. The highest BCUT2D eigenvalue weighted by Gasteiger charge is 2.14. The largest absolute Gasteiger partial charge is 0.476 e. The number of rotatable bonds is 7. The molecule has 3 heterocycles. The van der Waals surface area contributed by atoms with Gasteiger partial charge in [-0.15, -0.1) is 0 Å². The highest BCUT2D eigenvalue weighted by Crippen LogP contribution is 2.24. The minimum atomic E-state index is -0.336. The van der Waals surface area contributed by atoms with E-state index in [9.17, 15) is 9.59 Å². The Bertz CT molecular complexity index is 709. The molecule has 2 aromatic rings. The lowest BCUT2D eigenvalue weighted by atomic mass is 10.3. The van der Waals surface area contributed by atoms with Crippen molar-refractivity contribution in [3.63, 3.8) is 0 Å². The van der Waals surface area contributed by atoms with Gasteiger partial charge in [-0.05, 0) is 12.1 Å². The van der Waals surface area contributed by atoms with Gasteiger partial charge in [0.15, 0.2) is 0 Å². The number of H-pyrrole nitrogens is 1. The van der Waals surface area contributed by atoms with E-state index in [0.29, 0.717) is 24.5 Å². The number of aromatic nitrogens is 2. The van der Waals surface area contributed by atoms with E-state index < -0.39 is 0 Å². The number of pyridine rings is 1. The molecular weight excluding hydrogens is 312 g/mol. The van der Waals surface area contributed by atoms with Crippen LogP contribution in [0.25, 0.3) is 10.9 Å². The fourth-order valence-corrected chi connectivity index (χ4v) is 2.59. The third-order valence-corrected chi connectivity index (χ3v) is 3.85. The second-order valence-corrected chi connectivity index (χ2v) is 5.44. The molecule has 0 spiro atoms. The fraction of sp³-hybridized carbons (Fsp3) is 0.438. The van der Waals surface area contributed by atoms with E-state index in [1.165, 1.54) is 0 Å². The zero-order valence-corrected chi connectivity index (χ0v) is 13.3. The second kappa shape index (κ2) is 7.89. The van der Waals surface area contributed by atoms with Crippen molar-refractivity contribution >= 4 is 23.1 Å². The quantitative estimate of drug-likeness (QED) is 0.703. The van der Waals surface area contributed by atoms with Crippen molar-refractivity contribution in [2.24, 2.45) is 0 Å². The number of ether oxygens (including phenoxy) is 2. The van der Waals surface area contributed by atoms with Crippen LogP contribution in [0.3, 0.4) is 0 Å². The Labute approximate surface area is 139 Å². The maximum Gasteiger partial charge on any atom is 0.268 e. The number of hydrogen-bond donors (Lipinski definition) is 2. The predicted octanol–water partition coefficient (Wildman–Crippen LogP) is 0.203. The average Bonchev–Trinajstić information content (AvgIpc) is 3.06. The Balaban J connectivity index is 1.65. The molecule has 1 aliphatic rings. The summed E-state index contributed by atoms with van der Waals surface area (Å²) < 4.78 is 11.1. The molecule has 1 saturated heterocycles. The van der Waals surface area contributed by atoms with Crippen molar-refractivity contribution in [1.29, 1.82) is 0 Å². The Kier molecular flexibility index (Phi) is 5.39. The summed E-state index contributed by atoms with van der Waals surface area (Å²) in [6.45, 7) is 4.63. The molecular formula is C16H20N4O4. The van der Waals surface area contributed by atoms with Crippen LogP contribution in [0.15, 0.2) is 18.3 Å². The minimum Gasteiger partial charge on any atom is -0.476 e. The maximum absolute atomic E-state index is 11.9. The van der Waals surface area contributed by atoms with E-state index >= 15 is 0 Å². The molecule has 24 heavy (non-hydrogen) atoms. The molecule has 2 aromatic heterocycles. The van der Waals surface area contributed by atoms with E-state index in [0.717, 1.165) is 43.8 Å². The first-order valence-electron chi connectivity index (χ1n) is 7.90. The van der Waals surface area contributed by atoms with Crippen LogP contribution in [0.1, 0.15) is 10.5 Å². The fourth-order valence-electron chi connectivity index (χ4n) is 2.59. The first-order chi connectivity index (χ1) is 11.8. The van der Waals surface area contributed by atoms with Crippen LogP contribution in [-0.4, -0.2) is 73.1 Å². The Morgan fingerprint density at radius 2 is 2.29 bits per heavy atom. The molecule has 0 saturated carbocycles. The molecule has 0 atom stereocenters. The summed E-state index contributed by atoms with van der Waals surface area (Å²) in [4.78, 5) is 31.8. The van der Waals surface area contributed by atoms with Crippen molar-refractivity contribution in [1.82, 2.24) is 20.2 Å². The van der Waals surface area contributed by atoms with Crippen LogP contribution in [0, 0.1) is 0 Å². The van der Waals surface area contributed by atoms with Crippen LogP contribution >= 0.6 is 0 Å². The zero-order chi connectivity index (χ0) is 16.8. The van der Waals surface area contributed by atoms with Crippen molar-refractivity contribution in [3.8, 4) is 5.88 Å². The first-order valence-corrected chi connectivity index (χ1v) is 7.90. The number of morpholine rings is 1. The number of aldehydes is 1. The number of nitrogens with one attached hydrogen (secondary N) is 2. The standard InChI is InChI=1S/C16H20N4O4/c21-7-3-17-15(22)14-11-12-13(19-14)1-2-18-16(12)24-10-6-20-4-8-23-9-5-20/h1-2,7,11,19H,3-6,8-10H2,(H,17,22). The lowest BCUT2D eigenvalue weighted by Crippen LogP contribution is -2.38. The molecule has 8 heteroatoms. The highest BCUT2D eigenvalue weighted by molar-refractivity contribution is 5.99. The van der Waals surface area contributed by atoms with Crippen molar-refractivity contribution in [3.05, 3.63) is 24.0 Å². The normalized spacial score (nSPS) is 15.3. The number of aromatic amines is 1. The molecule has 0 aliphatic carbocycles. The lowest BCUT2D eigenvalue weighted by molar-refractivity contribution is -0.107. The van der Waals surface area contributed by atoms with E-state index in [1.54, 1.807) is 18.3 Å². The smallest absolute Gasteiger partial charge is 0.268 e. The number of carbonyl (C=O) groups excluding carboxylic acids is 2. The van der Waals surface area contributed by atoms with Crippen molar-refractivity contribution in [2.45, 2.75) is 0 Å². The van der Waals surface area contributed by atoms with E-state index in [1.807, 2.05) is 0 Å². The van der Waals surface area contributed by atoms with E-state index in [4.69, 9.17) is 9.47 Å². The number of fused-ring (bicyclic) bond motifs is 1. The maximum atomic E-state index is 11.9. The summed E-state index contributed by atoms with van der Waals surface area (Å²) in [6.07, 6.45) is 2.28. The van der Waals surface area contributed by atoms with Crippen LogP contribution in [0.4, 0.5) is 0 Å². The second-order valence-electron chi connectivity index (χ2n) is 5.44. The number of nitrogens with zero attached hydrogens (tertiary/aromatic N) is 2. The molecule has 2 N–H and O–H groups in total. The van der Waals surface area contributed by atoms with Gasteiger partial charge >= 0.3 is 0 Å². The molecule has 1 fully saturated rings. The molecule has 128 valence electrons. The lowest BCUT2D eigenvalue weighted by Gasteiger charge is -2.26. The van der Waals surface area contributed by atoms with Crippen molar-refractivity contribution < 1.29 is 19.1 Å². The van der Waals surface area contributed by atoms with Gasteiger partial charge in [-0.1, -0.05) is 0 Å². The molecule has 3 rings (SSSR count). The van der Waals surface area contributed by atoms with Gasteiger partial charge in [0.2, 0.25) is 5.88 Å². The molecule has 0 aromatic carbocycles. The van der Waals surface area contributed by atoms with Gasteiger partial charge in [-0.3, -0.25) is 9.69 Å². The SMILES string of the molecule is O=CCNC(=O)c1cc2c(OCCN3CCOCC3)nccc2[nH]1. The summed E-state index contributed by atoms with van der Waals surface area (Å²) >= 11 is 0. The van der Waals surface area contributed by atoms with Crippen molar-refractivity contribution in [2.75, 3.05) is 46.0 Å². The van der Waals surface area contributed by atoms with E-state index in [-0.39, 0.29) is 12.5 Å². The van der Waals surface area contributed by atoms with Crippen LogP contribution < -0.4 is 10.1 Å².